The highest BCUT2D eigenvalue weighted by Crippen LogP contribution is 2.31. The van der Waals surface area contributed by atoms with Gasteiger partial charge in [-0.3, -0.25) is 14.4 Å². The van der Waals surface area contributed by atoms with E-state index in [2.05, 4.69) is 13.2 Å². The molecule has 2 aliphatic carbocycles. The van der Waals surface area contributed by atoms with Gasteiger partial charge >= 0.3 is 41.8 Å². The Bertz CT molecular complexity index is 2110. The van der Waals surface area contributed by atoms with E-state index in [0.29, 0.717) is 112 Å². The Morgan fingerprint density at radius 1 is 0.521 bits per heavy atom. The quantitative estimate of drug-likeness (QED) is 0.0136. The molecular weight excluding hydrogens is 917 g/mol. The molecule has 2 saturated carbocycles. The zero-order valence-electron chi connectivity index (χ0n) is 41.2. The summed E-state index contributed by atoms with van der Waals surface area (Å²) in [5, 5.41) is 0. The van der Waals surface area contributed by atoms with Crippen molar-refractivity contribution in [2.75, 3.05) is 33.0 Å². The van der Waals surface area contributed by atoms with Crippen molar-refractivity contribution in [1.82, 2.24) is 0 Å². The largest absolute Gasteiger partial charge is 0.494 e. The highest BCUT2D eigenvalue weighted by atomic mass is 16.6. The minimum atomic E-state index is -0.576. The van der Waals surface area contributed by atoms with Gasteiger partial charge in [0.15, 0.2) is 0 Å². The molecule has 2 aromatic rings. The van der Waals surface area contributed by atoms with Crippen molar-refractivity contribution < 1.29 is 76.2 Å². The summed E-state index contributed by atoms with van der Waals surface area (Å²) in [6.45, 7) is 11.6. The number of hydrogen-bond acceptors (Lipinski definition) is 16. The van der Waals surface area contributed by atoms with Crippen LogP contribution in [0.3, 0.4) is 0 Å². The summed E-state index contributed by atoms with van der Waals surface area (Å²) in [6.07, 6.45) is 15.6. The number of carbonyl (C=O) groups is 7. The maximum atomic E-state index is 13.0. The third kappa shape index (κ3) is 22.7. The predicted molar refractivity (Wildman–Crippen MR) is 261 cm³/mol. The average Bonchev–Trinajstić information content (AvgIpc) is 3.37. The number of rotatable bonds is 30. The number of ether oxygens (including phenoxy) is 9. The second-order valence-corrected chi connectivity index (χ2v) is 17.5. The predicted octanol–water partition coefficient (Wildman–Crippen LogP) is 9.77. The van der Waals surface area contributed by atoms with E-state index in [1.54, 1.807) is 74.5 Å². The SMILES string of the molecule is C=CC(=O)OCCCCCCOc1ccc(C(=O)O[C@H]2CC[C@H](C(=O)O/C(C)=C/C=C(\C)C(=O)O[C@H]3CC[C@H](C(=O)Oc4ccc(OCCCCCCOC(=O)CCOC(=O)C=C)cc4)CC3)CC2)cc1. The van der Waals surface area contributed by atoms with Crippen LogP contribution in [0, 0.1) is 11.8 Å². The van der Waals surface area contributed by atoms with E-state index >= 15 is 0 Å². The maximum Gasteiger partial charge on any atom is 0.338 e. The molecule has 0 saturated heterocycles. The molecule has 0 aromatic heterocycles. The molecule has 16 heteroatoms. The second-order valence-electron chi connectivity index (χ2n) is 17.5. The van der Waals surface area contributed by atoms with Crippen LogP contribution >= 0.6 is 0 Å². The van der Waals surface area contributed by atoms with E-state index in [-0.39, 0.29) is 49.0 Å². The van der Waals surface area contributed by atoms with Crippen LogP contribution in [0.5, 0.6) is 17.2 Å². The summed E-state index contributed by atoms with van der Waals surface area (Å²) in [4.78, 5) is 85.3. The van der Waals surface area contributed by atoms with Crippen molar-refractivity contribution in [2.45, 2.75) is 135 Å². The van der Waals surface area contributed by atoms with Crippen LogP contribution in [0.2, 0.25) is 0 Å². The highest BCUT2D eigenvalue weighted by molar-refractivity contribution is 5.90. The van der Waals surface area contributed by atoms with Crippen LogP contribution in [0.4, 0.5) is 0 Å². The van der Waals surface area contributed by atoms with Gasteiger partial charge in [0, 0.05) is 17.7 Å². The Kier molecular flexibility index (Phi) is 25.8. The van der Waals surface area contributed by atoms with E-state index < -0.39 is 29.8 Å². The molecule has 71 heavy (non-hydrogen) atoms. The number of benzene rings is 2. The molecule has 2 aromatic carbocycles. The molecule has 0 unspecified atom stereocenters. The Hall–Kier alpha value is -6.71. The Labute approximate surface area is 417 Å². The van der Waals surface area contributed by atoms with Gasteiger partial charge in [0.2, 0.25) is 0 Å². The third-order valence-electron chi connectivity index (χ3n) is 11.9. The zero-order chi connectivity index (χ0) is 51.2. The Morgan fingerprint density at radius 2 is 0.986 bits per heavy atom. The van der Waals surface area contributed by atoms with Crippen LogP contribution < -0.4 is 14.2 Å². The monoisotopic (exact) mass is 986 g/mol. The number of esters is 7. The zero-order valence-corrected chi connectivity index (χ0v) is 41.2. The van der Waals surface area contributed by atoms with Gasteiger partial charge in [-0.2, -0.15) is 0 Å². The molecule has 16 nitrogen and oxygen atoms in total. The van der Waals surface area contributed by atoms with Crippen molar-refractivity contribution in [3.63, 3.8) is 0 Å². The van der Waals surface area contributed by atoms with Gasteiger partial charge in [0.1, 0.15) is 41.8 Å². The fraction of sp³-hybridized carbons (Fsp3) is 0.509. The van der Waals surface area contributed by atoms with Gasteiger partial charge in [-0.05, 0) is 177 Å². The lowest BCUT2D eigenvalue weighted by Crippen LogP contribution is -2.30. The molecule has 2 fully saturated rings. The fourth-order valence-electron chi connectivity index (χ4n) is 7.65. The van der Waals surface area contributed by atoms with Crippen LogP contribution in [-0.2, 0) is 57.2 Å². The topological polar surface area (TPSA) is 203 Å². The van der Waals surface area contributed by atoms with E-state index in [1.807, 2.05) is 0 Å². The van der Waals surface area contributed by atoms with Gasteiger partial charge in [-0.25, -0.2) is 19.2 Å². The first-order valence-corrected chi connectivity index (χ1v) is 24.7. The first-order valence-electron chi connectivity index (χ1n) is 24.7. The smallest absolute Gasteiger partial charge is 0.338 e. The first-order chi connectivity index (χ1) is 34.3. The van der Waals surface area contributed by atoms with E-state index in [1.165, 1.54) is 0 Å². The number of hydrogen-bond donors (Lipinski definition) is 0. The standard InChI is InChI=1S/C55H70O16/c1-5-49(56)65-36-13-9-7-11-34-63-44-23-17-42(18-24-44)54(61)70-47-27-19-41(20-28-47)53(60)68-40(4)16-15-39(3)52(59)69-46-25-21-43(22-26-46)55(62)71-48-31-29-45(30-32-48)64-35-12-8-10-14-37-66-51(58)33-38-67-50(57)6-2/h5-6,15-18,23-24,29-32,41,43,46-47H,1-2,7-14,19-22,25-28,33-38H2,3-4H3/b39-15+,40-16+/t41-,43-,46-,47-. The number of unbranched alkanes of at least 4 members (excludes halogenated alkanes) is 6. The first kappa shape index (κ1) is 56.9. The summed E-state index contributed by atoms with van der Waals surface area (Å²) in [7, 11) is 0. The fourth-order valence-corrected chi connectivity index (χ4v) is 7.65. The molecule has 0 radical (unpaired) electrons. The molecule has 0 N–H and O–H groups in total. The maximum absolute atomic E-state index is 13.0. The van der Waals surface area contributed by atoms with E-state index in [4.69, 9.17) is 42.6 Å². The van der Waals surface area contributed by atoms with Crippen molar-refractivity contribution in [3.8, 4) is 17.2 Å². The molecule has 0 spiro atoms. The van der Waals surface area contributed by atoms with Crippen molar-refractivity contribution in [2.24, 2.45) is 11.8 Å². The van der Waals surface area contributed by atoms with E-state index in [0.717, 1.165) is 63.5 Å². The van der Waals surface area contributed by atoms with Gasteiger partial charge in [0.25, 0.3) is 0 Å². The molecule has 2 aliphatic rings. The molecular formula is C55H70O16. The molecule has 0 bridgehead atoms. The number of allylic oxidation sites excluding steroid dienone is 3. The van der Waals surface area contributed by atoms with Gasteiger partial charge < -0.3 is 42.6 Å². The van der Waals surface area contributed by atoms with Crippen LogP contribution in [0.25, 0.3) is 0 Å². The minimum absolute atomic E-state index is 0.00604. The van der Waals surface area contributed by atoms with Gasteiger partial charge in [0.05, 0.1) is 50.2 Å². The summed E-state index contributed by atoms with van der Waals surface area (Å²) in [6, 6.07) is 13.7. The van der Waals surface area contributed by atoms with Gasteiger partial charge in [-0.1, -0.05) is 13.2 Å². The average molecular weight is 987 g/mol. The normalized spacial score (nSPS) is 17.9. The van der Waals surface area contributed by atoms with Crippen molar-refractivity contribution >= 4 is 41.8 Å². The molecule has 0 atom stereocenters. The lowest BCUT2D eigenvalue weighted by atomic mass is 9.87. The molecule has 386 valence electrons. The number of carbonyl (C=O) groups excluding carboxylic acids is 7. The molecule has 0 heterocycles. The summed E-state index contributed by atoms with van der Waals surface area (Å²) in [5.41, 5.74) is 0.757. The summed E-state index contributed by atoms with van der Waals surface area (Å²) < 4.78 is 49.1. The van der Waals surface area contributed by atoms with Gasteiger partial charge in [-0.15, -0.1) is 0 Å². The lowest BCUT2D eigenvalue weighted by Gasteiger charge is -2.27. The molecule has 0 aliphatic heterocycles. The van der Waals surface area contributed by atoms with E-state index in [9.17, 15) is 33.6 Å². The summed E-state index contributed by atoms with van der Waals surface area (Å²) in [5.74, 6) is -1.63. The molecule has 4 rings (SSSR count). The Balaban J connectivity index is 1.03. The van der Waals surface area contributed by atoms with Crippen LogP contribution in [-0.4, -0.2) is 87.0 Å². The third-order valence-corrected chi connectivity index (χ3v) is 11.9. The summed E-state index contributed by atoms with van der Waals surface area (Å²) >= 11 is 0. The molecule has 0 amide bonds. The Morgan fingerprint density at radius 3 is 1.54 bits per heavy atom. The minimum Gasteiger partial charge on any atom is -0.494 e. The van der Waals surface area contributed by atoms with Crippen LogP contribution in [0.15, 0.2) is 97.3 Å². The lowest BCUT2D eigenvalue weighted by molar-refractivity contribution is -0.149. The second kappa shape index (κ2) is 32.2. The highest BCUT2D eigenvalue weighted by Gasteiger charge is 2.31. The van der Waals surface area contributed by atoms with Crippen molar-refractivity contribution in [3.05, 3.63) is 103 Å². The van der Waals surface area contributed by atoms with Crippen LogP contribution in [0.1, 0.15) is 133 Å². The van der Waals surface area contributed by atoms with Crippen molar-refractivity contribution in [1.29, 1.82) is 0 Å².